The van der Waals surface area contributed by atoms with Crippen molar-refractivity contribution >= 4 is 15.9 Å². The van der Waals surface area contributed by atoms with Crippen LogP contribution < -0.4 is 10.0 Å². The average molecular weight is 375 g/mol. The van der Waals surface area contributed by atoms with Gasteiger partial charge >= 0.3 is 0 Å². The number of hydrogen-bond acceptors (Lipinski definition) is 3. The van der Waals surface area contributed by atoms with Gasteiger partial charge < -0.3 is 5.32 Å². The molecule has 0 aromatic heterocycles. The Hall–Kier alpha value is -2.18. The lowest BCUT2D eigenvalue weighted by Crippen LogP contribution is -2.28. The summed E-state index contributed by atoms with van der Waals surface area (Å²) >= 11 is 0. The quantitative estimate of drug-likeness (QED) is 0.745. The first-order chi connectivity index (χ1) is 12.4. The molecule has 6 heteroatoms. The Morgan fingerprint density at radius 1 is 1.04 bits per heavy atom. The van der Waals surface area contributed by atoms with Crippen LogP contribution in [0.3, 0.4) is 0 Å². The molecule has 1 atom stereocenters. The maximum absolute atomic E-state index is 12.3. The maximum atomic E-state index is 12.3. The second kappa shape index (κ2) is 8.96. The van der Waals surface area contributed by atoms with Gasteiger partial charge in [-0.05, 0) is 50.1 Å². The Bertz CT molecular complexity index is 828. The lowest BCUT2D eigenvalue weighted by Gasteiger charge is -2.18. The third-order valence-electron chi connectivity index (χ3n) is 4.37. The van der Waals surface area contributed by atoms with Gasteiger partial charge in [0.25, 0.3) is 0 Å². The fourth-order valence-electron chi connectivity index (χ4n) is 2.70. The Labute approximate surface area is 155 Å². The zero-order valence-electron chi connectivity index (χ0n) is 15.5. The van der Waals surface area contributed by atoms with Crippen molar-refractivity contribution < 1.29 is 13.2 Å². The van der Waals surface area contributed by atoms with Gasteiger partial charge in [0.1, 0.15) is 0 Å². The molecule has 0 aliphatic carbocycles. The zero-order valence-corrected chi connectivity index (χ0v) is 16.3. The highest BCUT2D eigenvalue weighted by Crippen LogP contribution is 2.18. The van der Waals surface area contributed by atoms with Gasteiger partial charge in [0.2, 0.25) is 15.9 Å². The van der Waals surface area contributed by atoms with Crippen LogP contribution >= 0.6 is 0 Å². The monoisotopic (exact) mass is 374 g/mol. The third kappa shape index (κ3) is 5.41. The molecule has 0 aliphatic rings. The summed E-state index contributed by atoms with van der Waals surface area (Å²) < 4.78 is 25.7. The number of carbonyl (C=O) groups is 1. The lowest BCUT2D eigenvalue weighted by molar-refractivity contribution is -0.121. The molecule has 140 valence electrons. The minimum absolute atomic E-state index is 0.00578. The van der Waals surface area contributed by atoms with Crippen LogP contribution in [0.4, 0.5) is 0 Å². The topological polar surface area (TPSA) is 75.3 Å². The van der Waals surface area contributed by atoms with E-state index >= 15 is 0 Å². The van der Waals surface area contributed by atoms with E-state index in [4.69, 9.17) is 0 Å². The number of benzene rings is 2. The first-order valence-corrected chi connectivity index (χ1v) is 10.2. The van der Waals surface area contributed by atoms with Gasteiger partial charge in [0, 0.05) is 6.42 Å². The lowest BCUT2D eigenvalue weighted by atomic mass is 10.0. The molecule has 0 aliphatic heterocycles. The van der Waals surface area contributed by atoms with E-state index in [2.05, 4.69) is 10.0 Å². The molecule has 1 unspecified atom stereocenters. The number of aryl methyl sites for hydroxylation is 2. The van der Waals surface area contributed by atoms with E-state index in [1.807, 2.05) is 38.1 Å². The third-order valence-corrected chi connectivity index (χ3v) is 5.80. The van der Waals surface area contributed by atoms with Crippen LogP contribution in [0, 0.1) is 6.92 Å². The number of rotatable bonds is 8. The minimum atomic E-state index is -3.43. The number of carbonyl (C=O) groups excluding carboxylic acids is 1. The van der Waals surface area contributed by atoms with Crippen molar-refractivity contribution in [3.8, 4) is 0 Å². The van der Waals surface area contributed by atoms with Crippen molar-refractivity contribution in [2.45, 2.75) is 44.0 Å². The first-order valence-electron chi connectivity index (χ1n) is 8.74. The number of hydrogen-bond donors (Lipinski definition) is 2. The fourth-order valence-corrected chi connectivity index (χ4v) is 3.43. The van der Waals surface area contributed by atoms with Crippen molar-refractivity contribution in [1.29, 1.82) is 0 Å². The smallest absolute Gasteiger partial charge is 0.240 e. The SMILES string of the molecule is CCC(NC(=O)CCc1ccc(S(=O)(=O)NC)cc1)c1ccc(C)cc1. The normalized spacial score (nSPS) is 12.6. The summed E-state index contributed by atoms with van der Waals surface area (Å²) in [5.74, 6) is -0.00986. The molecule has 2 rings (SSSR count). The van der Waals surface area contributed by atoms with Gasteiger partial charge in [-0.15, -0.1) is 0 Å². The summed E-state index contributed by atoms with van der Waals surface area (Å²) in [6.07, 6.45) is 1.75. The molecule has 0 radical (unpaired) electrons. The molecular formula is C20H26N2O3S. The highest BCUT2D eigenvalue weighted by molar-refractivity contribution is 7.89. The Balaban J connectivity index is 1.92. The fraction of sp³-hybridized carbons (Fsp3) is 0.350. The van der Waals surface area contributed by atoms with Crippen LogP contribution in [0.5, 0.6) is 0 Å². The number of sulfonamides is 1. The van der Waals surface area contributed by atoms with E-state index < -0.39 is 10.0 Å². The van der Waals surface area contributed by atoms with E-state index in [0.717, 1.165) is 17.5 Å². The minimum Gasteiger partial charge on any atom is -0.349 e. The molecule has 1 amide bonds. The summed E-state index contributed by atoms with van der Waals surface area (Å²) in [6.45, 7) is 4.09. The Morgan fingerprint density at radius 3 is 2.19 bits per heavy atom. The standard InChI is InChI=1S/C20H26N2O3S/c1-4-19(17-10-5-15(2)6-11-17)22-20(23)14-9-16-7-12-18(13-8-16)26(24,25)21-3/h5-8,10-13,19,21H,4,9,14H2,1-3H3,(H,22,23). The molecule has 0 fully saturated rings. The average Bonchev–Trinajstić information content (AvgIpc) is 2.65. The largest absolute Gasteiger partial charge is 0.349 e. The Kier molecular flexibility index (Phi) is 6.94. The van der Waals surface area contributed by atoms with Crippen LogP contribution in [-0.4, -0.2) is 21.4 Å². The predicted octanol–water partition coefficient (Wildman–Crippen LogP) is 3.10. The molecule has 0 heterocycles. The molecule has 26 heavy (non-hydrogen) atoms. The van der Waals surface area contributed by atoms with Gasteiger partial charge in [-0.25, -0.2) is 13.1 Å². The molecule has 0 saturated heterocycles. The van der Waals surface area contributed by atoms with Crippen LogP contribution in [-0.2, 0) is 21.2 Å². The van der Waals surface area contributed by atoms with Crippen LogP contribution in [0.15, 0.2) is 53.4 Å². The molecule has 0 saturated carbocycles. The number of nitrogens with one attached hydrogen (secondary N) is 2. The van der Waals surface area contributed by atoms with Crippen molar-refractivity contribution in [1.82, 2.24) is 10.0 Å². The highest BCUT2D eigenvalue weighted by atomic mass is 32.2. The molecule has 5 nitrogen and oxygen atoms in total. The summed E-state index contributed by atoms with van der Waals surface area (Å²) in [5.41, 5.74) is 3.23. The second-order valence-corrected chi connectivity index (χ2v) is 8.18. The summed E-state index contributed by atoms with van der Waals surface area (Å²) in [4.78, 5) is 12.5. The second-order valence-electron chi connectivity index (χ2n) is 6.29. The van der Waals surface area contributed by atoms with Crippen LogP contribution in [0.25, 0.3) is 0 Å². The van der Waals surface area contributed by atoms with E-state index in [0.29, 0.717) is 12.8 Å². The van der Waals surface area contributed by atoms with Crippen molar-refractivity contribution in [3.63, 3.8) is 0 Å². The Morgan fingerprint density at radius 2 is 1.65 bits per heavy atom. The van der Waals surface area contributed by atoms with Crippen molar-refractivity contribution in [2.75, 3.05) is 7.05 Å². The molecule has 2 aromatic rings. The zero-order chi connectivity index (χ0) is 19.2. The van der Waals surface area contributed by atoms with Gasteiger partial charge in [0.15, 0.2) is 0 Å². The first kappa shape index (κ1) is 20.1. The maximum Gasteiger partial charge on any atom is 0.240 e. The van der Waals surface area contributed by atoms with E-state index in [-0.39, 0.29) is 16.8 Å². The van der Waals surface area contributed by atoms with Crippen molar-refractivity contribution in [3.05, 3.63) is 65.2 Å². The predicted molar refractivity (Wildman–Crippen MR) is 103 cm³/mol. The number of amides is 1. The van der Waals surface area contributed by atoms with Gasteiger partial charge in [-0.2, -0.15) is 0 Å². The van der Waals surface area contributed by atoms with Gasteiger partial charge in [0.05, 0.1) is 10.9 Å². The van der Waals surface area contributed by atoms with Gasteiger partial charge in [-0.1, -0.05) is 48.9 Å². The molecule has 0 bridgehead atoms. The summed E-state index contributed by atoms with van der Waals surface area (Å²) in [6, 6.07) is 14.8. The molecule has 0 spiro atoms. The van der Waals surface area contributed by atoms with Gasteiger partial charge in [-0.3, -0.25) is 4.79 Å². The van der Waals surface area contributed by atoms with E-state index in [9.17, 15) is 13.2 Å². The van der Waals surface area contributed by atoms with Crippen LogP contribution in [0.2, 0.25) is 0 Å². The summed E-state index contributed by atoms with van der Waals surface area (Å²) in [5, 5.41) is 3.07. The van der Waals surface area contributed by atoms with Crippen LogP contribution in [0.1, 0.15) is 42.5 Å². The van der Waals surface area contributed by atoms with Crippen molar-refractivity contribution in [2.24, 2.45) is 0 Å². The highest BCUT2D eigenvalue weighted by Gasteiger charge is 2.13. The van der Waals surface area contributed by atoms with E-state index in [1.54, 1.807) is 24.3 Å². The molecule has 2 aromatic carbocycles. The molecule has 2 N–H and O–H groups in total. The summed E-state index contributed by atoms with van der Waals surface area (Å²) in [7, 11) is -2.05. The molecular weight excluding hydrogens is 348 g/mol. The van der Waals surface area contributed by atoms with E-state index in [1.165, 1.54) is 12.6 Å².